The molecule has 0 bridgehead atoms. The van der Waals surface area contributed by atoms with Crippen molar-refractivity contribution in [3.63, 3.8) is 0 Å². The van der Waals surface area contributed by atoms with Gasteiger partial charge < -0.3 is 20.6 Å². The van der Waals surface area contributed by atoms with E-state index in [2.05, 4.69) is 19.7 Å². The summed E-state index contributed by atoms with van der Waals surface area (Å²) in [6.07, 6.45) is 2.37. The first-order chi connectivity index (χ1) is 14.0. The van der Waals surface area contributed by atoms with Crippen molar-refractivity contribution in [2.75, 3.05) is 20.3 Å². The summed E-state index contributed by atoms with van der Waals surface area (Å²) in [6.45, 7) is 0.0601. The molecule has 30 heavy (non-hydrogen) atoms. The van der Waals surface area contributed by atoms with Gasteiger partial charge in [0.15, 0.2) is 5.16 Å². The molecule has 0 amide bonds. The second kappa shape index (κ2) is 11.7. The third-order valence-electron chi connectivity index (χ3n) is 4.15. The molecule has 1 aromatic carbocycles. The van der Waals surface area contributed by atoms with Crippen LogP contribution in [0.25, 0.3) is 11.0 Å². The predicted octanol–water partition coefficient (Wildman–Crippen LogP) is 0.707. The number of hydrogen-bond acceptors (Lipinski definition) is 6. The van der Waals surface area contributed by atoms with Crippen molar-refractivity contribution in [3.8, 4) is 11.5 Å². The standard InChI is InChI=1S/C19H21F2N3O4S.Na.H/c1-12-16(22-7-6-17(12)27-9-3-8-26-2)11-29(25)19-23-14-5-4-13(28-18(20)21)10-15(14)24-19;;/h4-7,10,18H,3,8-9,11H2,1-2H3,(H,23,24);;/q;+1;-1. The molecule has 0 aliphatic heterocycles. The van der Waals surface area contributed by atoms with Crippen molar-refractivity contribution in [1.82, 2.24) is 15.0 Å². The van der Waals surface area contributed by atoms with Crippen LogP contribution in [0, 0.1) is 6.92 Å². The number of halogens is 2. The van der Waals surface area contributed by atoms with Crippen LogP contribution in [0.3, 0.4) is 0 Å². The van der Waals surface area contributed by atoms with E-state index < -0.39 is 17.4 Å². The Morgan fingerprint density at radius 3 is 2.80 bits per heavy atom. The summed E-state index contributed by atoms with van der Waals surface area (Å²) in [5.41, 5.74) is 2.41. The Kier molecular flexibility index (Phi) is 9.63. The fourth-order valence-electron chi connectivity index (χ4n) is 2.69. The minimum absolute atomic E-state index is 0. The van der Waals surface area contributed by atoms with Crippen LogP contribution in [0.5, 0.6) is 11.5 Å². The molecule has 2 heterocycles. The number of nitrogens with one attached hydrogen (secondary N) is 1. The van der Waals surface area contributed by atoms with E-state index in [4.69, 9.17) is 9.47 Å². The molecule has 158 valence electrons. The number of nitrogens with zero attached hydrogens (tertiary/aromatic N) is 2. The quantitative estimate of drug-likeness (QED) is 0.363. The maximum atomic E-state index is 12.8. The molecule has 1 unspecified atom stereocenters. The Morgan fingerprint density at radius 2 is 2.07 bits per heavy atom. The van der Waals surface area contributed by atoms with E-state index in [1.807, 2.05) is 6.92 Å². The Labute approximate surface area is 198 Å². The summed E-state index contributed by atoms with van der Waals surface area (Å²) in [7, 11) is 0.129. The number of alkyl halides is 2. The molecule has 1 N–H and O–H groups in total. The Hall–Kier alpha value is -1.59. The second-order valence-corrected chi connectivity index (χ2v) is 7.53. The maximum Gasteiger partial charge on any atom is 1.00 e. The van der Waals surface area contributed by atoms with Crippen LogP contribution in [0.15, 0.2) is 35.6 Å². The molecule has 11 heteroatoms. The van der Waals surface area contributed by atoms with E-state index >= 15 is 0 Å². The van der Waals surface area contributed by atoms with Gasteiger partial charge >= 0.3 is 36.2 Å². The van der Waals surface area contributed by atoms with Gasteiger partial charge in [0, 0.05) is 38.0 Å². The van der Waals surface area contributed by atoms with Crippen molar-refractivity contribution in [1.29, 1.82) is 0 Å². The average molecular weight is 449 g/mol. The van der Waals surface area contributed by atoms with Gasteiger partial charge in [-0.2, -0.15) is 8.78 Å². The molecule has 1 atom stereocenters. The number of imidazole rings is 1. The van der Waals surface area contributed by atoms with Crippen LogP contribution in [-0.2, 0) is 21.3 Å². The number of ether oxygens (including phenoxy) is 3. The first-order valence-electron chi connectivity index (χ1n) is 8.87. The number of fused-ring (bicyclic) bond motifs is 1. The van der Waals surface area contributed by atoms with Crippen LogP contribution in [-0.4, -0.2) is 46.1 Å². The molecule has 0 spiro atoms. The zero-order chi connectivity index (χ0) is 20.8. The fourth-order valence-corrected chi connectivity index (χ4v) is 3.79. The van der Waals surface area contributed by atoms with Gasteiger partial charge in [0.05, 0.1) is 39.9 Å². The first kappa shape index (κ1) is 24.7. The number of H-pyrrole nitrogens is 1. The molecule has 0 aliphatic rings. The summed E-state index contributed by atoms with van der Waals surface area (Å²) in [4.78, 5) is 11.5. The Bertz CT molecular complexity index is 1010. The van der Waals surface area contributed by atoms with Gasteiger partial charge in [-0.25, -0.2) is 4.98 Å². The zero-order valence-electron chi connectivity index (χ0n) is 18.0. The average Bonchev–Trinajstić information content (AvgIpc) is 3.11. The van der Waals surface area contributed by atoms with E-state index in [-0.39, 0.29) is 47.6 Å². The van der Waals surface area contributed by atoms with E-state index in [9.17, 15) is 13.0 Å². The van der Waals surface area contributed by atoms with Crippen molar-refractivity contribution in [2.24, 2.45) is 0 Å². The Morgan fingerprint density at radius 1 is 1.27 bits per heavy atom. The Balaban J connectivity index is 0.00000240. The smallest absolute Gasteiger partial charge is 1.00 e. The topological polar surface area (TPSA) is 86.3 Å². The molecule has 0 radical (unpaired) electrons. The largest absolute Gasteiger partial charge is 1.00 e. The zero-order valence-corrected chi connectivity index (χ0v) is 19.8. The van der Waals surface area contributed by atoms with Crippen LogP contribution < -0.4 is 39.0 Å². The molecule has 3 aromatic rings. The molecule has 0 saturated carbocycles. The van der Waals surface area contributed by atoms with Crippen molar-refractivity contribution < 1.29 is 58.2 Å². The first-order valence-corrected chi connectivity index (χ1v) is 10.2. The van der Waals surface area contributed by atoms with Gasteiger partial charge in [-0.3, -0.25) is 9.19 Å². The fraction of sp³-hybridized carbons (Fsp3) is 0.368. The molecule has 3 rings (SSSR count). The van der Waals surface area contributed by atoms with Crippen LogP contribution >= 0.6 is 0 Å². The second-order valence-electron chi connectivity index (χ2n) is 6.16. The van der Waals surface area contributed by atoms with Gasteiger partial charge in [0.2, 0.25) is 0 Å². The third kappa shape index (κ3) is 6.45. The SMILES string of the molecule is COCCCOc1ccnc(CS(=O)c2nc3ccc(OC(F)F)cc3[nH]2)c1C.[H-].[Na+]. The van der Waals surface area contributed by atoms with Crippen LogP contribution in [0.1, 0.15) is 19.1 Å². The maximum absolute atomic E-state index is 12.8. The van der Waals surface area contributed by atoms with E-state index in [1.54, 1.807) is 19.4 Å². The molecule has 0 saturated heterocycles. The number of aromatic amines is 1. The monoisotopic (exact) mass is 449 g/mol. The van der Waals surface area contributed by atoms with Crippen molar-refractivity contribution in [2.45, 2.75) is 30.9 Å². The molecule has 7 nitrogen and oxygen atoms in total. The van der Waals surface area contributed by atoms with Gasteiger partial charge in [-0.15, -0.1) is 0 Å². The number of aromatic nitrogens is 3. The van der Waals surface area contributed by atoms with E-state index in [0.29, 0.717) is 35.7 Å². The minimum atomic E-state index is -2.91. The number of rotatable bonds is 10. The summed E-state index contributed by atoms with van der Waals surface area (Å²) in [6, 6.07) is 6.08. The predicted molar refractivity (Wildman–Crippen MR) is 105 cm³/mol. The van der Waals surface area contributed by atoms with Gasteiger partial charge in [0.1, 0.15) is 11.5 Å². The molecule has 0 fully saturated rings. The van der Waals surface area contributed by atoms with E-state index in [1.165, 1.54) is 18.2 Å². The number of pyridine rings is 1. The molecular weight excluding hydrogens is 427 g/mol. The summed E-state index contributed by atoms with van der Waals surface area (Å²) in [5, 5.41) is 0.238. The minimum Gasteiger partial charge on any atom is -1.00 e. The number of benzene rings is 1. The molecule has 2 aromatic heterocycles. The van der Waals surface area contributed by atoms with Gasteiger partial charge in [0.25, 0.3) is 0 Å². The summed E-state index contributed by atoms with van der Waals surface area (Å²) < 4.78 is 52.6. The third-order valence-corrected chi connectivity index (χ3v) is 5.31. The molecule has 0 aliphatic carbocycles. The normalized spacial score (nSPS) is 12.0. The number of hydrogen-bond donors (Lipinski definition) is 1. The summed E-state index contributed by atoms with van der Waals surface area (Å²) in [5.74, 6) is 0.826. The number of methoxy groups -OCH3 is 1. The van der Waals surface area contributed by atoms with Crippen LogP contribution in [0.2, 0.25) is 0 Å². The summed E-state index contributed by atoms with van der Waals surface area (Å²) >= 11 is 0. The van der Waals surface area contributed by atoms with Crippen LogP contribution in [0.4, 0.5) is 8.78 Å². The van der Waals surface area contributed by atoms with Gasteiger partial charge in [-0.05, 0) is 25.1 Å². The van der Waals surface area contributed by atoms with E-state index in [0.717, 1.165) is 12.0 Å². The van der Waals surface area contributed by atoms with Crippen molar-refractivity contribution >= 4 is 21.8 Å². The van der Waals surface area contributed by atoms with Crippen molar-refractivity contribution in [3.05, 3.63) is 41.7 Å². The molecular formula is C19H22F2N3NaO4S. The van der Waals surface area contributed by atoms with Gasteiger partial charge in [-0.1, -0.05) is 0 Å².